The maximum Gasteiger partial charge on any atom is 0.224 e. The van der Waals surface area contributed by atoms with Gasteiger partial charge in [-0.3, -0.25) is 4.79 Å². The number of amides is 1. The molecule has 1 heterocycles. The molecule has 4 nitrogen and oxygen atoms in total. The van der Waals surface area contributed by atoms with Crippen molar-refractivity contribution in [3.8, 4) is 0 Å². The summed E-state index contributed by atoms with van der Waals surface area (Å²) in [5, 5.41) is 2.88. The molecule has 1 aliphatic rings. The number of aromatic nitrogens is 2. The minimum atomic E-state index is 0.0998. The summed E-state index contributed by atoms with van der Waals surface area (Å²) in [4.78, 5) is 18.5. The predicted molar refractivity (Wildman–Crippen MR) is 61.6 cm³/mol. The van der Waals surface area contributed by atoms with E-state index in [-0.39, 0.29) is 5.91 Å². The molecule has 0 unspecified atom stereocenters. The SMILES string of the molecule is O=C(CC1=CCCCC1)NCc1cnc[nH]1. The van der Waals surface area contributed by atoms with Crippen molar-refractivity contribution in [1.82, 2.24) is 15.3 Å². The van der Waals surface area contributed by atoms with Gasteiger partial charge in [0.2, 0.25) is 5.91 Å². The molecule has 0 bridgehead atoms. The number of carbonyl (C=O) groups excluding carboxylic acids is 1. The number of aromatic amines is 1. The monoisotopic (exact) mass is 219 g/mol. The van der Waals surface area contributed by atoms with Gasteiger partial charge in [0, 0.05) is 12.6 Å². The third-order valence-electron chi connectivity index (χ3n) is 2.80. The van der Waals surface area contributed by atoms with E-state index in [0.29, 0.717) is 13.0 Å². The smallest absolute Gasteiger partial charge is 0.224 e. The van der Waals surface area contributed by atoms with Crippen LogP contribution in [-0.4, -0.2) is 15.9 Å². The first-order valence-electron chi connectivity index (χ1n) is 5.76. The summed E-state index contributed by atoms with van der Waals surface area (Å²) in [7, 11) is 0. The van der Waals surface area contributed by atoms with E-state index in [1.807, 2.05) is 0 Å². The highest BCUT2D eigenvalue weighted by atomic mass is 16.1. The Morgan fingerprint density at radius 1 is 1.50 bits per heavy atom. The molecular weight excluding hydrogens is 202 g/mol. The van der Waals surface area contributed by atoms with Crippen LogP contribution in [0.15, 0.2) is 24.2 Å². The van der Waals surface area contributed by atoms with E-state index >= 15 is 0 Å². The number of rotatable bonds is 4. The molecule has 4 heteroatoms. The fourth-order valence-electron chi connectivity index (χ4n) is 1.91. The van der Waals surface area contributed by atoms with Gasteiger partial charge in [-0.25, -0.2) is 4.98 Å². The van der Waals surface area contributed by atoms with Gasteiger partial charge >= 0.3 is 0 Å². The van der Waals surface area contributed by atoms with Crippen molar-refractivity contribution in [3.05, 3.63) is 29.9 Å². The van der Waals surface area contributed by atoms with Gasteiger partial charge in [-0.15, -0.1) is 0 Å². The van der Waals surface area contributed by atoms with Crippen LogP contribution < -0.4 is 5.32 Å². The van der Waals surface area contributed by atoms with E-state index in [2.05, 4.69) is 21.4 Å². The lowest BCUT2D eigenvalue weighted by molar-refractivity contribution is -0.120. The van der Waals surface area contributed by atoms with Gasteiger partial charge in [0.15, 0.2) is 0 Å². The molecule has 0 aromatic carbocycles. The molecule has 1 aromatic heterocycles. The molecule has 0 saturated heterocycles. The van der Waals surface area contributed by atoms with Crippen LogP contribution in [0.3, 0.4) is 0 Å². The number of imidazole rings is 1. The van der Waals surface area contributed by atoms with Crippen molar-refractivity contribution in [2.75, 3.05) is 0 Å². The maximum absolute atomic E-state index is 11.6. The number of nitrogens with one attached hydrogen (secondary N) is 2. The van der Waals surface area contributed by atoms with E-state index in [0.717, 1.165) is 18.5 Å². The number of carbonyl (C=O) groups is 1. The van der Waals surface area contributed by atoms with Crippen molar-refractivity contribution < 1.29 is 4.79 Å². The first-order valence-corrected chi connectivity index (χ1v) is 5.76. The van der Waals surface area contributed by atoms with Crippen LogP contribution in [0.2, 0.25) is 0 Å². The van der Waals surface area contributed by atoms with Gasteiger partial charge in [-0.2, -0.15) is 0 Å². The Morgan fingerprint density at radius 2 is 2.44 bits per heavy atom. The third-order valence-corrected chi connectivity index (χ3v) is 2.80. The van der Waals surface area contributed by atoms with Gasteiger partial charge in [0.1, 0.15) is 0 Å². The molecule has 1 amide bonds. The summed E-state index contributed by atoms with van der Waals surface area (Å²) in [6.07, 6.45) is 10.8. The van der Waals surface area contributed by atoms with Crippen LogP contribution in [0.4, 0.5) is 0 Å². The predicted octanol–water partition coefficient (Wildman–Crippen LogP) is 1.92. The van der Waals surface area contributed by atoms with Gasteiger partial charge in [0.05, 0.1) is 18.6 Å². The first-order chi connectivity index (χ1) is 7.84. The van der Waals surface area contributed by atoms with Crippen LogP contribution in [0.1, 0.15) is 37.8 Å². The molecule has 1 aromatic rings. The summed E-state index contributed by atoms with van der Waals surface area (Å²) < 4.78 is 0. The first kappa shape index (κ1) is 10.9. The molecule has 0 saturated carbocycles. The molecule has 86 valence electrons. The van der Waals surface area contributed by atoms with Gasteiger partial charge in [-0.1, -0.05) is 11.6 Å². The Bertz CT molecular complexity index is 368. The molecule has 0 atom stereocenters. The summed E-state index contributed by atoms with van der Waals surface area (Å²) in [6, 6.07) is 0. The van der Waals surface area contributed by atoms with Crippen molar-refractivity contribution in [1.29, 1.82) is 0 Å². The zero-order valence-electron chi connectivity index (χ0n) is 9.33. The van der Waals surface area contributed by atoms with Gasteiger partial charge < -0.3 is 10.3 Å². The minimum Gasteiger partial charge on any atom is -0.350 e. The molecule has 2 N–H and O–H groups in total. The number of H-pyrrole nitrogens is 1. The molecule has 16 heavy (non-hydrogen) atoms. The molecule has 0 radical (unpaired) electrons. The summed E-state index contributed by atoms with van der Waals surface area (Å²) in [5.74, 6) is 0.0998. The second-order valence-corrected chi connectivity index (χ2v) is 4.14. The van der Waals surface area contributed by atoms with E-state index in [4.69, 9.17) is 0 Å². The molecule has 1 aliphatic carbocycles. The van der Waals surface area contributed by atoms with E-state index < -0.39 is 0 Å². The lowest BCUT2D eigenvalue weighted by Gasteiger charge is -2.12. The van der Waals surface area contributed by atoms with E-state index in [1.54, 1.807) is 12.5 Å². The van der Waals surface area contributed by atoms with Crippen LogP contribution >= 0.6 is 0 Å². The van der Waals surface area contributed by atoms with Gasteiger partial charge in [0.25, 0.3) is 0 Å². The van der Waals surface area contributed by atoms with Crippen molar-refractivity contribution >= 4 is 5.91 Å². The molecule has 0 fully saturated rings. The summed E-state index contributed by atoms with van der Waals surface area (Å²) in [5.41, 5.74) is 2.22. The van der Waals surface area contributed by atoms with Crippen LogP contribution in [0.25, 0.3) is 0 Å². The number of hydrogen-bond donors (Lipinski definition) is 2. The largest absolute Gasteiger partial charge is 0.350 e. The fraction of sp³-hybridized carbons (Fsp3) is 0.500. The topological polar surface area (TPSA) is 57.8 Å². The van der Waals surface area contributed by atoms with Crippen molar-refractivity contribution in [3.63, 3.8) is 0 Å². The molecule has 2 rings (SSSR count). The lowest BCUT2D eigenvalue weighted by atomic mass is 9.97. The zero-order chi connectivity index (χ0) is 11.2. The minimum absolute atomic E-state index is 0.0998. The highest BCUT2D eigenvalue weighted by Crippen LogP contribution is 2.19. The fourth-order valence-corrected chi connectivity index (χ4v) is 1.91. The Morgan fingerprint density at radius 3 is 3.12 bits per heavy atom. The van der Waals surface area contributed by atoms with Crippen molar-refractivity contribution in [2.24, 2.45) is 0 Å². The second kappa shape index (κ2) is 5.49. The average molecular weight is 219 g/mol. The number of allylic oxidation sites excluding steroid dienone is 1. The Kier molecular flexibility index (Phi) is 3.75. The lowest BCUT2D eigenvalue weighted by Crippen LogP contribution is -2.23. The normalized spacial score (nSPS) is 15.6. The quantitative estimate of drug-likeness (QED) is 0.760. The molecular formula is C12H17N3O. The standard InChI is InChI=1S/C12H17N3O/c16-12(6-10-4-2-1-3-5-10)14-8-11-7-13-9-15-11/h4,7,9H,1-3,5-6,8H2,(H,13,15)(H,14,16). The van der Waals surface area contributed by atoms with Crippen LogP contribution in [0.5, 0.6) is 0 Å². The van der Waals surface area contributed by atoms with E-state index in [1.165, 1.54) is 18.4 Å². The van der Waals surface area contributed by atoms with Crippen LogP contribution in [0, 0.1) is 0 Å². The number of nitrogens with zero attached hydrogens (tertiary/aromatic N) is 1. The second-order valence-electron chi connectivity index (χ2n) is 4.14. The Labute approximate surface area is 95.2 Å². The van der Waals surface area contributed by atoms with Crippen LogP contribution in [-0.2, 0) is 11.3 Å². The highest BCUT2D eigenvalue weighted by molar-refractivity contribution is 5.78. The number of hydrogen-bond acceptors (Lipinski definition) is 2. The van der Waals surface area contributed by atoms with Gasteiger partial charge in [-0.05, 0) is 25.7 Å². The summed E-state index contributed by atoms with van der Waals surface area (Å²) >= 11 is 0. The Balaban J connectivity index is 1.74. The Hall–Kier alpha value is -1.58. The third kappa shape index (κ3) is 3.22. The highest BCUT2D eigenvalue weighted by Gasteiger charge is 2.08. The molecule has 0 aliphatic heterocycles. The summed E-state index contributed by atoms with van der Waals surface area (Å²) in [6.45, 7) is 0.534. The average Bonchev–Trinajstić information content (AvgIpc) is 2.81. The maximum atomic E-state index is 11.6. The van der Waals surface area contributed by atoms with Crippen molar-refractivity contribution in [2.45, 2.75) is 38.6 Å². The molecule has 0 spiro atoms. The van der Waals surface area contributed by atoms with E-state index in [9.17, 15) is 4.79 Å². The zero-order valence-corrected chi connectivity index (χ0v) is 9.33.